The van der Waals surface area contributed by atoms with E-state index in [1.165, 1.54) is 70.6 Å². The molecule has 4 saturated carbocycles. The number of piperazine rings is 1. The lowest BCUT2D eigenvalue weighted by atomic mass is 9.69. The van der Waals surface area contributed by atoms with Crippen LogP contribution in [0.4, 0.5) is 0 Å². The van der Waals surface area contributed by atoms with Crippen LogP contribution in [0.2, 0.25) is 0 Å². The van der Waals surface area contributed by atoms with Crippen LogP contribution in [0.3, 0.4) is 0 Å². The van der Waals surface area contributed by atoms with Crippen molar-refractivity contribution in [3.05, 3.63) is 0 Å². The molecule has 3 saturated heterocycles. The number of rotatable bonds is 0. The maximum Gasteiger partial charge on any atom is 0.0380 e. The Morgan fingerprint density at radius 1 is 0.444 bits per heavy atom. The van der Waals surface area contributed by atoms with Gasteiger partial charge >= 0.3 is 0 Å². The van der Waals surface area contributed by atoms with E-state index in [9.17, 15) is 0 Å². The molecule has 3 heteroatoms. The second kappa shape index (κ2) is 6.38. The highest BCUT2D eigenvalue weighted by molar-refractivity contribution is 8.00. The summed E-state index contributed by atoms with van der Waals surface area (Å²) in [6, 6.07) is 5.66. The molecule has 0 N–H and O–H groups in total. The summed E-state index contributed by atoms with van der Waals surface area (Å²) in [7, 11) is 0. The van der Waals surface area contributed by atoms with Crippen molar-refractivity contribution < 1.29 is 0 Å². The van der Waals surface area contributed by atoms with Crippen molar-refractivity contribution in [1.29, 1.82) is 0 Å². The Morgan fingerprint density at radius 2 is 1.07 bits per heavy atom. The first-order valence-corrected chi connectivity index (χ1v) is 13.6. The van der Waals surface area contributed by atoms with E-state index in [0.29, 0.717) is 0 Å². The third-order valence-electron chi connectivity index (χ3n) is 10.2. The smallest absolute Gasteiger partial charge is 0.0380 e. The molecule has 4 aliphatic carbocycles. The summed E-state index contributed by atoms with van der Waals surface area (Å²) in [4.78, 5) is 6.54. The van der Waals surface area contributed by atoms with E-state index in [0.717, 1.165) is 58.6 Å². The Labute approximate surface area is 170 Å². The van der Waals surface area contributed by atoms with E-state index >= 15 is 0 Å². The average Bonchev–Trinajstić information content (AvgIpc) is 3.07. The fourth-order valence-electron chi connectivity index (χ4n) is 9.53. The number of fused-ring (bicyclic) bond motifs is 8. The molecular formula is C24H38N2S. The Hall–Kier alpha value is 0.270. The van der Waals surface area contributed by atoms with Crippen molar-refractivity contribution in [2.45, 2.75) is 137 Å². The first-order valence-electron chi connectivity index (χ1n) is 12.6. The van der Waals surface area contributed by atoms with Crippen molar-refractivity contribution in [1.82, 2.24) is 9.80 Å². The van der Waals surface area contributed by atoms with Gasteiger partial charge in [0.1, 0.15) is 0 Å². The minimum absolute atomic E-state index is 0.924. The summed E-state index contributed by atoms with van der Waals surface area (Å²) < 4.78 is 0. The van der Waals surface area contributed by atoms with Crippen LogP contribution in [0.1, 0.15) is 89.9 Å². The zero-order chi connectivity index (χ0) is 17.5. The van der Waals surface area contributed by atoms with Gasteiger partial charge in [-0.15, -0.1) is 0 Å². The third kappa shape index (κ3) is 2.29. The molecule has 10 atom stereocenters. The van der Waals surface area contributed by atoms with Crippen molar-refractivity contribution in [2.75, 3.05) is 0 Å². The van der Waals surface area contributed by atoms with Gasteiger partial charge in [0.15, 0.2) is 0 Å². The van der Waals surface area contributed by atoms with Gasteiger partial charge in [-0.05, 0) is 63.2 Å². The Balaban J connectivity index is 1.34. The van der Waals surface area contributed by atoms with Crippen LogP contribution in [-0.4, -0.2) is 56.6 Å². The molecule has 7 fully saturated rings. The molecule has 2 nitrogen and oxygen atoms in total. The Morgan fingerprint density at radius 3 is 1.89 bits per heavy atom. The molecule has 0 aromatic carbocycles. The maximum absolute atomic E-state index is 3.28. The first-order chi connectivity index (χ1) is 13.4. The van der Waals surface area contributed by atoms with E-state index in [-0.39, 0.29) is 0 Å². The van der Waals surface area contributed by atoms with Crippen molar-refractivity contribution in [2.24, 2.45) is 11.8 Å². The van der Waals surface area contributed by atoms with Crippen LogP contribution in [-0.2, 0) is 0 Å². The van der Waals surface area contributed by atoms with Gasteiger partial charge in [0.25, 0.3) is 0 Å². The molecule has 0 spiro atoms. The van der Waals surface area contributed by atoms with Gasteiger partial charge in [-0.25, -0.2) is 0 Å². The van der Waals surface area contributed by atoms with Crippen LogP contribution < -0.4 is 0 Å². The first kappa shape index (κ1) is 17.0. The average molecular weight is 387 g/mol. The zero-order valence-electron chi connectivity index (χ0n) is 17.0. The molecule has 7 aliphatic rings. The lowest BCUT2D eigenvalue weighted by molar-refractivity contribution is -0.120. The fourth-order valence-corrected chi connectivity index (χ4v) is 11.5. The quantitative estimate of drug-likeness (QED) is 0.574. The van der Waals surface area contributed by atoms with Crippen molar-refractivity contribution in [3.63, 3.8) is 0 Å². The second-order valence-corrected chi connectivity index (χ2v) is 12.6. The van der Waals surface area contributed by atoms with Crippen LogP contribution in [0.25, 0.3) is 0 Å². The van der Waals surface area contributed by atoms with E-state index in [2.05, 4.69) is 21.6 Å². The molecule has 0 aromatic rings. The van der Waals surface area contributed by atoms with Gasteiger partial charge in [0, 0.05) is 46.8 Å². The number of nitrogens with zero attached hydrogens (tertiary/aromatic N) is 2. The largest absolute Gasteiger partial charge is 0.291 e. The SMILES string of the molecule is C1CCC2C(C1)SC1CCC3C4CCCCC4N4C5CCCCC5N2C1C34. The molecule has 150 valence electrons. The standard InChI is InChI=1S/C24H38N2S/c1-2-8-17-15(7-1)16-13-14-22-24-23(16)25(17)18-9-3-4-10-19(18)26(24)20-11-5-6-12-21(20)27-22/h15-24H,1-14H2. The summed E-state index contributed by atoms with van der Waals surface area (Å²) in [6.07, 6.45) is 21.4. The van der Waals surface area contributed by atoms with E-state index < -0.39 is 0 Å². The van der Waals surface area contributed by atoms with Gasteiger partial charge in [-0.1, -0.05) is 38.5 Å². The molecule has 0 aromatic heterocycles. The molecule has 3 heterocycles. The molecule has 0 radical (unpaired) electrons. The summed E-state index contributed by atoms with van der Waals surface area (Å²) in [5.74, 6) is 2.13. The van der Waals surface area contributed by atoms with Gasteiger partial charge in [0.05, 0.1) is 0 Å². The summed E-state index contributed by atoms with van der Waals surface area (Å²) in [6.45, 7) is 0. The lowest BCUT2D eigenvalue weighted by Crippen LogP contribution is -2.77. The maximum atomic E-state index is 3.28. The highest BCUT2D eigenvalue weighted by Gasteiger charge is 2.65. The van der Waals surface area contributed by atoms with Gasteiger partial charge in [0.2, 0.25) is 0 Å². The second-order valence-electron chi connectivity index (χ2n) is 11.1. The predicted molar refractivity (Wildman–Crippen MR) is 113 cm³/mol. The highest BCUT2D eigenvalue weighted by Crippen LogP contribution is 2.60. The monoisotopic (exact) mass is 386 g/mol. The van der Waals surface area contributed by atoms with Gasteiger partial charge < -0.3 is 0 Å². The molecule has 3 aliphatic heterocycles. The van der Waals surface area contributed by atoms with Crippen molar-refractivity contribution >= 4 is 11.8 Å². The zero-order valence-corrected chi connectivity index (χ0v) is 17.8. The normalized spacial score (nSPS) is 57.3. The number of thioether (sulfide) groups is 1. The third-order valence-corrected chi connectivity index (χ3v) is 12.0. The molecular weight excluding hydrogens is 348 g/mol. The summed E-state index contributed by atoms with van der Waals surface area (Å²) >= 11 is 2.49. The Kier molecular flexibility index (Phi) is 4.02. The van der Waals surface area contributed by atoms with Gasteiger partial charge in [-0.3, -0.25) is 9.80 Å². The van der Waals surface area contributed by atoms with Crippen LogP contribution in [0.15, 0.2) is 0 Å². The van der Waals surface area contributed by atoms with E-state index in [1.54, 1.807) is 19.3 Å². The molecule has 27 heavy (non-hydrogen) atoms. The Bertz CT molecular complexity index is 595. The van der Waals surface area contributed by atoms with Crippen LogP contribution >= 0.6 is 11.8 Å². The topological polar surface area (TPSA) is 6.48 Å². The number of hydrogen-bond acceptors (Lipinski definition) is 3. The summed E-state index contributed by atoms with van der Waals surface area (Å²) in [5, 5.41) is 1.95. The minimum Gasteiger partial charge on any atom is -0.291 e. The lowest BCUT2D eigenvalue weighted by Gasteiger charge is -2.66. The molecule has 10 unspecified atom stereocenters. The minimum atomic E-state index is 0.924. The number of hydrogen-bond donors (Lipinski definition) is 0. The van der Waals surface area contributed by atoms with Crippen LogP contribution in [0.5, 0.6) is 0 Å². The van der Waals surface area contributed by atoms with E-state index in [1.807, 2.05) is 0 Å². The fraction of sp³-hybridized carbons (Fsp3) is 1.00. The van der Waals surface area contributed by atoms with Crippen LogP contribution in [0, 0.1) is 11.8 Å². The predicted octanol–water partition coefficient (Wildman–Crippen LogP) is 5.06. The van der Waals surface area contributed by atoms with Crippen molar-refractivity contribution in [3.8, 4) is 0 Å². The molecule has 0 bridgehead atoms. The van der Waals surface area contributed by atoms with E-state index in [4.69, 9.17) is 0 Å². The summed E-state index contributed by atoms with van der Waals surface area (Å²) in [5.41, 5.74) is 0. The van der Waals surface area contributed by atoms with Gasteiger partial charge in [-0.2, -0.15) is 11.8 Å². The molecule has 7 rings (SSSR count). The highest BCUT2D eigenvalue weighted by atomic mass is 32.2. The molecule has 0 amide bonds.